The number of hydrogen-bond donors (Lipinski definition) is 0. The third-order valence-corrected chi connectivity index (χ3v) is 5.56. The van der Waals surface area contributed by atoms with Gasteiger partial charge in [-0.25, -0.2) is 0 Å². The molecule has 0 saturated carbocycles. The van der Waals surface area contributed by atoms with Gasteiger partial charge in [-0.15, -0.1) is 0 Å². The molecule has 31 heavy (non-hydrogen) atoms. The van der Waals surface area contributed by atoms with E-state index in [2.05, 4.69) is 0 Å². The van der Waals surface area contributed by atoms with Crippen molar-refractivity contribution >= 4 is 28.8 Å². The maximum atomic E-state index is 13.5. The van der Waals surface area contributed by atoms with E-state index < -0.39 is 16.7 Å². The van der Waals surface area contributed by atoms with E-state index in [1.54, 1.807) is 12.1 Å². The molecule has 3 heterocycles. The first-order valence-electron chi connectivity index (χ1n) is 9.77. The molecule has 1 aromatic heterocycles. The monoisotopic (exact) mass is 415 g/mol. The van der Waals surface area contributed by atoms with E-state index >= 15 is 0 Å². The van der Waals surface area contributed by atoms with Crippen molar-refractivity contribution in [3.05, 3.63) is 99.6 Å². The van der Waals surface area contributed by atoms with Crippen LogP contribution in [-0.2, 0) is 22.6 Å². The molecular weight excluding hydrogens is 398 g/mol. The van der Waals surface area contributed by atoms with Crippen molar-refractivity contribution in [2.75, 3.05) is 11.4 Å². The van der Waals surface area contributed by atoms with Gasteiger partial charge in [0.25, 0.3) is 17.5 Å². The number of benzene rings is 2. The summed E-state index contributed by atoms with van der Waals surface area (Å²) in [6.07, 6.45) is 2.25. The molecule has 0 radical (unpaired) electrons. The summed E-state index contributed by atoms with van der Waals surface area (Å²) in [6.45, 7) is 0.582. The topological polar surface area (TPSA) is 96.9 Å². The number of furan rings is 1. The van der Waals surface area contributed by atoms with Gasteiger partial charge in [-0.1, -0.05) is 18.2 Å². The summed E-state index contributed by atoms with van der Waals surface area (Å²) in [5.74, 6) is -0.367. The van der Waals surface area contributed by atoms with Crippen molar-refractivity contribution in [2.24, 2.45) is 0 Å². The fourth-order valence-corrected chi connectivity index (χ4v) is 4.10. The van der Waals surface area contributed by atoms with Crippen LogP contribution in [0.1, 0.15) is 16.9 Å². The number of non-ortho nitro benzene ring substituents is 1. The standard InChI is InChI=1S/C23H17N3O5/c27-22-20(16-7-9-17(10-8-16)26(29)30)21(23(28)25(22)14-18-5-3-13-31-18)24-12-11-15-4-1-2-6-19(15)24/h1-10,13H,11-12,14H2. The van der Waals surface area contributed by atoms with Crippen molar-refractivity contribution in [2.45, 2.75) is 13.0 Å². The van der Waals surface area contributed by atoms with Crippen molar-refractivity contribution in [3.63, 3.8) is 0 Å². The van der Waals surface area contributed by atoms with Crippen molar-refractivity contribution in [1.82, 2.24) is 4.90 Å². The summed E-state index contributed by atoms with van der Waals surface area (Å²) in [6, 6.07) is 16.9. The number of imide groups is 1. The van der Waals surface area contributed by atoms with Crippen LogP contribution in [0.2, 0.25) is 0 Å². The zero-order valence-electron chi connectivity index (χ0n) is 16.4. The largest absolute Gasteiger partial charge is 0.467 e. The SMILES string of the molecule is O=C1C(c2ccc([N+](=O)[O-])cc2)=C(N2CCc3ccccc32)C(=O)N1Cc1ccco1. The highest BCUT2D eigenvalue weighted by atomic mass is 16.6. The molecule has 0 bridgehead atoms. The van der Waals surface area contributed by atoms with Gasteiger partial charge >= 0.3 is 0 Å². The molecule has 2 amide bonds. The van der Waals surface area contributed by atoms with Gasteiger partial charge in [-0.05, 0) is 47.9 Å². The van der Waals surface area contributed by atoms with Crippen LogP contribution in [0.4, 0.5) is 11.4 Å². The molecule has 2 aliphatic rings. The molecule has 0 atom stereocenters. The molecule has 5 rings (SSSR count). The van der Waals surface area contributed by atoms with E-state index in [4.69, 9.17) is 4.42 Å². The minimum absolute atomic E-state index is 0.0140. The Morgan fingerprint density at radius 1 is 0.968 bits per heavy atom. The summed E-state index contributed by atoms with van der Waals surface area (Å²) in [4.78, 5) is 40.4. The number of fused-ring (bicyclic) bond motifs is 1. The van der Waals surface area contributed by atoms with Gasteiger partial charge in [0.15, 0.2) is 0 Å². The lowest BCUT2D eigenvalue weighted by Gasteiger charge is -2.21. The van der Waals surface area contributed by atoms with E-state index in [1.807, 2.05) is 29.2 Å². The predicted molar refractivity (Wildman–Crippen MR) is 112 cm³/mol. The average molecular weight is 415 g/mol. The normalized spacial score (nSPS) is 15.7. The van der Waals surface area contributed by atoms with Crippen LogP contribution in [0.3, 0.4) is 0 Å². The van der Waals surface area contributed by atoms with E-state index in [1.165, 1.54) is 30.5 Å². The van der Waals surface area contributed by atoms with Crippen LogP contribution < -0.4 is 4.90 Å². The predicted octanol–water partition coefficient (Wildman–Crippen LogP) is 3.53. The molecule has 0 aliphatic carbocycles. The molecule has 154 valence electrons. The second-order valence-electron chi connectivity index (χ2n) is 7.33. The van der Waals surface area contributed by atoms with E-state index in [-0.39, 0.29) is 23.5 Å². The smallest absolute Gasteiger partial charge is 0.278 e. The summed E-state index contributed by atoms with van der Waals surface area (Å²) in [7, 11) is 0. The molecule has 3 aromatic rings. The van der Waals surface area contributed by atoms with E-state index in [0.29, 0.717) is 17.9 Å². The van der Waals surface area contributed by atoms with Gasteiger partial charge < -0.3 is 9.32 Å². The first-order valence-corrected chi connectivity index (χ1v) is 9.77. The van der Waals surface area contributed by atoms with E-state index in [9.17, 15) is 19.7 Å². The zero-order valence-corrected chi connectivity index (χ0v) is 16.4. The Labute approximate surface area is 177 Å². The molecule has 0 unspecified atom stereocenters. The Morgan fingerprint density at radius 2 is 1.74 bits per heavy atom. The van der Waals surface area contributed by atoms with E-state index in [0.717, 1.165) is 22.6 Å². The first-order chi connectivity index (χ1) is 15.0. The number of amides is 2. The number of nitrogens with zero attached hydrogens (tertiary/aromatic N) is 3. The molecule has 0 spiro atoms. The third-order valence-electron chi connectivity index (χ3n) is 5.56. The summed E-state index contributed by atoms with van der Waals surface area (Å²) in [5.41, 5.74) is 2.89. The molecular formula is C23H17N3O5. The fourth-order valence-electron chi connectivity index (χ4n) is 4.10. The lowest BCUT2D eigenvalue weighted by Crippen LogP contribution is -2.34. The lowest BCUT2D eigenvalue weighted by molar-refractivity contribution is -0.384. The van der Waals surface area contributed by atoms with Gasteiger partial charge in [0, 0.05) is 24.4 Å². The molecule has 2 aliphatic heterocycles. The average Bonchev–Trinajstić information content (AvgIpc) is 3.49. The molecule has 0 saturated heterocycles. The zero-order chi connectivity index (χ0) is 21.5. The number of nitro groups is 1. The number of carbonyl (C=O) groups is 2. The van der Waals surface area contributed by atoms with Crippen molar-refractivity contribution in [1.29, 1.82) is 0 Å². The van der Waals surface area contributed by atoms with Crippen LogP contribution in [0.5, 0.6) is 0 Å². The Morgan fingerprint density at radius 3 is 2.45 bits per heavy atom. The number of rotatable bonds is 5. The minimum Gasteiger partial charge on any atom is -0.467 e. The van der Waals surface area contributed by atoms with Crippen LogP contribution >= 0.6 is 0 Å². The van der Waals surface area contributed by atoms with Gasteiger partial charge in [-0.3, -0.25) is 24.6 Å². The summed E-state index contributed by atoms with van der Waals surface area (Å²) >= 11 is 0. The highest BCUT2D eigenvalue weighted by Gasteiger charge is 2.43. The van der Waals surface area contributed by atoms with Crippen molar-refractivity contribution < 1.29 is 18.9 Å². The number of anilines is 1. The van der Waals surface area contributed by atoms with Gasteiger partial charge in [0.1, 0.15) is 11.5 Å². The number of carbonyl (C=O) groups excluding carboxylic acids is 2. The van der Waals surface area contributed by atoms with Gasteiger partial charge in [0.2, 0.25) is 0 Å². The van der Waals surface area contributed by atoms with Crippen LogP contribution in [0, 0.1) is 10.1 Å². The Hall–Kier alpha value is -4.20. The molecule has 0 N–H and O–H groups in total. The second-order valence-corrected chi connectivity index (χ2v) is 7.33. The fraction of sp³-hybridized carbons (Fsp3) is 0.130. The maximum absolute atomic E-state index is 13.5. The quantitative estimate of drug-likeness (QED) is 0.359. The van der Waals surface area contributed by atoms with Gasteiger partial charge in [0.05, 0.1) is 23.3 Å². The second kappa shape index (κ2) is 7.24. The highest BCUT2D eigenvalue weighted by Crippen LogP contribution is 2.39. The van der Waals surface area contributed by atoms with Crippen LogP contribution in [0.25, 0.3) is 5.57 Å². The summed E-state index contributed by atoms with van der Waals surface area (Å²) in [5, 5.41) is 11.0. The molecule has 8 heteroatoms. The van der Waals surface area contributed by atoms with Crippen molar-refractivity contribution in [3.8, 4) is 0 Å². The number of nitro benzene ring substituents is 1. The Kier molecular flexibility index (Phi) is 4.39. The lowest BCUT2D eigenvalue weighted by atomic mass is 10.0. The van der Waals surface area contributed by atoms with Crippen LogP contribution in [-0.4, -0.2) is 28.2 Å². The summed E-state index contributed by atoms with van der Waals surface area (Å²) < 4.78 is 5.34. The first kappa shape index (κ1) is 18.8. The Bertz CT molecular complexity index is 1230. The van der Waals surface area contributed by atoms with Gasteiger partial charge in [-0.2, -0.15) is 0 Å². The number of hydrogen-bond acceptors (Lipinski definition) is 6. The highest BCUT2D eigenvalue weighted by molar-refractivity contribution is 6.36. The minimum atomic E-state index is -0.499. The number of para-hydroxylation sites is 1. The molecule has 0 fully saturated rings. The Balaban J connectivity index is 1.62. The molecule has 2 aromatic carbocycles. The molecule has 8 nitrogen and oxygen atoms in total. The third kappa shape index (κ3) is 3.09. The van der Waals surface area contributed by atoms with Crippen LogP contribution in [0.15, 0.2) is 77.0 Å². The maximum Gasteiger partial charge on any atom is 0.278 e.